The molecule has 4 rings (SSSR count). The summed E-state index contributed by atoms with van der Waals surface area (Å²) in [4.78, 5) is 50.9. The SMILES string of the molecule is O=C(OCc1ccc(C(=O)N2CCCC2)cc1)c1ccc(CN2C(=O)CNC2=O)cc1. The number of benzene rings is 2. The second-order valence-electron chi connectivity index (χ2n) is 7.61. The number of carbonyl (C=O) groups is 4. The quantitative estimate of drug-likeness (QED) is 0.571. The first-order valence-electron chi connectivity index (χ1n) is 10.2. The van der Waals surface area contributed by atoms with Gasteiger partial charge >= 0.3 is 12.0 Å². The van der Waals surface area contributed by atoms with Crippen molar-refractivity contribution < 1.29 is 23.9 Å². The molecule has 0 radical (unpaired) electrons. The van der Waals surface area contributed by atoms with Gasteiger partial charge in [0.15, 0.2) is 0 Å². The highest BCUT2D eigenvalue weighted by atomic mass is 16.5. The van der Waals surface area contributed by atoms with E-state index in [9.17, 15) is 19.2 Å². The fourth-order valence-corrected chi connectivity index (χ4v) is 3.62. The van der Waals surface area contributed by atoms with Crippen molar-refractivity contribution in [1.82, 2.24) is 15.1 Å². The molecule has 2 aromatic rings. The Labute approximate surface area is 179 Å². The Kier molecular flexibility index (Phi) is 5.97. The third kappa shape index (κ3) is 4.74. The van der Waals surface area contributed by atoms with Gasteiger partial charge in [0.25, 0.3) is 5.91 Å². The summed E-state index contributed by atoms with van der Waals surface area (Å²) in [5.41, 5.74) is 2.54. The molecule has 8 heteroatoms. The number of rotatable bonds is 6. The van der Waals surface area contributed by atoms with Crippen LogP contribution in [0.25, 0.3) is 0 Å². The van der Waals surface area contributed by atoms with Crippen LogP contribution in [0, 0.1) is 0 Å². The van der Waals surface area contributed by atoms with Crippen molar-refractivity contribution in [1.29, 1.82) is 0 Å². The van der Waals surface area contributed by atoms with Crippen molar-refractivity contribution in [3.63, 3.8) is 0 Å². The van der Waals surface area contributed by atoms with Gasteiger partial charge in [0.2, 0.25) is 5.91 Å². The molecule has 0 bridgehead atoms. The highest BCUT2D eigenvalue weighted by Crippen LogP contribution is 2.15. The molecule has 0 unspecified atom stereocenters. The maximum Gasteiger partial charge on any atom is 0.338 e. The Balaban J connectivity index is 1.29. The van der Waals surface area contributed by atoms with Gasteiger partial charge in [0.05, 0.1) is 18.7 Å². The molecule has 0 atom stereocenters. The first-order chi connectivity index (χ1) is 15.0. The second-order valence-corrected chi connectivity index (χ2v) is 7.61. The van der Waals surface area contributed by atoms with Crippen LogP contribution in [0.4, 0.5) is 4.79 Å². The van der Waals surface area contributed by atoms with Gasteiger partial charge in [-0.1, -0.05) is 24.3 Å². The van der Waals surface area contributed by atoms with Gasteiger partial charge in [-0.2, -0.15) is 0 Å². The fourth-order valence-electron chi connectivity index (χ4n) is 3.62. The van der Waals surface area contributed by atoms with E-state index in [1.807, 2.05) is 4.90 Å². The van der Waals surface area contributed by atoms with Crippen LogP contribution < -0.4 is 5.32 Å². The summed E-state index contributed by atoms with van der Waals surface area (Å²) in [6.45, 7) is 1.87. The predicted octanol–water partition coefficient (Wildman–Crippen LogP) is 2.33. The maximum absolute atomic E-state index is 12.4. The number of carbonyl (C=O) groups excluding carboxylic acids is 4. The average Bonchev–Trinajstić information content (AvgIpc) is 3.44. The van der Waals surface area contributed by atoms with Crippen LogP contribution in [0.1, 0.15) is 44.7 Å². The highest BCUT2D eigenvalue weighted by Gasteiger charge is 2.28. The summed E-state index contributed by atoms with van der Waals surface area (Å²) in [5.74, 6) is -0.713. The molecule has 2 fully saturated rings. The van der Waals surface area contributed by atoms with Gasteiger partial charge in [0, 0.05) is 18.7 Å². The van der Waals surface area contributed by atoms with Gasteiger partial charge < -0.3 is 15.0 Å². The van der Waals surface area contributed by atoms with E-state index >= 15 is 0 Å². The number of ether oxygens (including phenoxy) is 1. The Morgan fingerprint density at radius 1 is 0.871 bits per heavy atom. The molecule has 8 nitrogen and oxygen atoms in total. The van der Waals surface area contributed by atoms with Crippen molar-refractivity contribution in [3.05, 3.63) is 70.8 Å². The van der Waals surface area contributed by atoms with E-state index in [-0.39, 0.29) is 31.5 Å². The molecule has 160 valence electrons. The summed E-state index contributed by atoms with van der Waals surface area (Å²) in [6, 6.07) is 13.3. The Hall–Kier alpha value is -3.68. The fraction of sp³-hybridized carbons (Fsp3) is 0.304. The zero-order chi connectivity index (χ0) is 21.8. The topological polar surface area (TPSA) is 96.0 Å². The van der Waals surface area contributed by atoms with E-state index in [2.05, 4.69) is 5.32 Å². The molecule has 0 aliphatic carbocycles. The number of hydrogen-bond acceptors (Lipinski definition) is 5. The first kappa shape index (κ1) is 20.6. The molecule has 0 aromatic heterocycles. The van der Waals surface area contributed by atoms with Crippen LogP contribution >= 0.6 is 0 Å². The normalized spacial score (nSPS) is 15.9. The lowest BCUT2D eigenvalue weighted by Gasteiger charge is -2.15. The summed E-state index contributed by atoms with van der Waals surface area (Å²) in [5, 5.41) is 2.47. The predicted molar refractivity (Wildman–Crippen MR) is 111 cm³/mol. The lowest BCUT2D eigenvalue weighted by molar-refractivity contribution is -0.125. The van der Waals surface area contributed by atoms with E-state index in [1.165, 1.54) is 0 Å². The first-order valence-corrected chi connectivity index (χ1v) is 10.2. The van der Waals surface area contributed by atoms with Crippen molar-refractivity contribution in [3.8, 4) is 0 Å². The van der Waals surface area contributed by atoms with Crippen LogP contribution in [0.5, 0.6) is 0 Å². The standard InChI is InChI=1S/C23H23N3O5/c27-20-13-24-23(30)26(20)14-16-3-9-19(10-4-16)22(29)31-15-17-5-7-18(8-6-17)21(28)25-11-1-2-12-25/h3-10H,1-2,11-15H2,(H,24,30). The largest absolute Gasteiger partial charge is 0.457 e. The molecule has 2 heterocycles. The number of amides is 4. The van der Waals surface area contributed by atoms with Crippen LogP contribution in [0.2, 0.25) is 0 Å². The summed E-state index contributed by atoms with van der Waals surface area (Å²) in [7, 11) is 0. The smallest absolute Gasteiger partial charge is 0.338 e. The number of urea groups is 1. The third-order valence-electron chi connectivity index (χ3n) is 5.43. The molecule has 2 aromatic carbocycles. The Morgan fingerprint density at radius 2 is 1.48 bits per heavy atom. The molecule has 2 aliphatic heterocycles. The Bertz CT molecular complexity index is 979. The van der Waals surface area contributed by atoms with Gasteiger partial charge in [-0.15, -0.1) is 0 Å². The number of hydrogen-bond donors (Lipinski definition) is 1. The van der Waals surface area contributed by atoms with E-state index in [0.29, 0.717) is 11.1 Å². The van der Waals surface area contributed by atoms with Gasteiger partial charge in [-0.05, 0) is 48.2 Å². The molecule has 1 N–H and O–H groups in total. The molecular formula is C23H23N3O5. The second kappa shape index (κ2) is 8.99. The highest BCUT2D eigenvalue weighted by molar-refractivity contribution is 6.01. The lowest BCUT2D eigenvalue weighted by Crippen LogP contribution is -2.30. The number of esters is 1. The zero-order valence-electron chi connectivity index (χ0n) is 17.0. The van der Waals surface area contributed by atoms with Gasteiger partial charge in [0.1, 0.15) is 6.61 Å². The monoisotopic (exact) mass is 421 g/mol. The third-order valence-corrected chi connectivity index (χ3v) is 5.43. The van der Waals surface area contributed by atoms with Crippen molar-refractivity contribution >= 4 is 23.8 Å². The van der Waals surface area contributed by atoms with Gasteiger partial charge in [-0.25, -0.2) is 9.59 Å². The van der Waals surface area contributed by atoms with E-state index in [1.54, 1.807) is 48.5 Å². The Morgan fingerprint density at radius 3 is 2.10 bits per heavy atom. The van der Waals surface area contributed by atoms with Crippen LogP contribution in [-0.2, 0) is 22.7 Å². The maximum atomic E-state index is 12.4. The molecule has 4 amide bonds. The number of nitrogens with one attached hydrogen (secondary N) is 1. The van der Waals surface area contributed by atoms with E-state index in [4.69, 9.17) is 4.74 Å². The minimum atomic E-state index is -0.473. The lowest BCUT2D eigenvalue weighted by atomic mass is 10.1. The summed E-state index contributed by atoms with van der Waals surface area (Å²) < 4.78 is 5.36. The minimum absolute atomic E-state index is 0.0106. The molecule has 0 spiro atoms. The molecule has 31 heavy (non-hydrogen) atoms. The zero-order valence-corrected chi connectivity index (χ0v) is 17.0. The number of imide groups is 1. The summed E-state index contributed by atoms with van der Waals surface area (Å²) in [6.07, 6.45) is 2.10. The van der Waals surface area contributed by atoms with Crippen LogP contribution in [0.3, 0.4) is 0 Å². The molecular weight excluding hydrogens is 398 g/mol. The van der Waals surface area contributed by atoms with Gasteiger partial charge in [-0.3, -0.25) is 14.5 Å². The molecule has 2 aliphatic rings. The number of likely N-dealkylation sites (tertiary alicyclic amines) is 1. The number of nitrogens with zero attached hydrogens (tertiary/aromatic N) is 2. The van der Waals surface area contributed by atoms with Crippen molar-refractivity contribution in [2.45, 2.75) is 26.0 Å². The van der Waals surface area contributed by atoms with Crippen molar-refractivity contribution in [2.75, 3.05) is 19.6 Å². The van der Waals surface area contributed by atoms with Crippen molar-refractivity contribution in [2.24, 2.45) is 0 Å². The minimum Gasteiger partial charge on any atom is -0.457 e. The average molecular weight is 421 g/mol. The molecule has 2 saturated heterocycles. The van der Waals surface area contributed by atoms with Crippen LogP contribution in [0.15, 0.2) is 48.5 Å². The van der Waals surface area contributed by atoms with Crippen LogP contribution in [-0.4, -0.2) is 53.2 Å². The van der Waals surface area contributed by atoms with E-state index in [0.717, 1.165) is 42.0 Å². The molecule has 0 saturated carbocycles. The summed E-state index contributed by atoms with van der Waals surface area (Å²) >= 11 is 0. The van der Waals surface area contributed by atoms with E-state index < -0.39 is 12.0 Å².